The van der Waals surface area contributed by atoms with Gasteiger partial charge in [0.25, 0.3) is 0 Å². The van der Waals surface area contributed by atoms with Gasteiger partial charge in [-0.05, 0) is 80.3 Å². The molecule has 3 heteroatoms. The van der Waals surface area contributed by atoms with Crippen LogP contribution in [0.3, 0.4) is 0 Å². The summed E-state index contributed by atoms with van der Waals surface area (Å²) in [5.41, 5.74) is 5.95. The van der Waals surface area contributed by atoms with Gasteiger partial charge in [-0.2, -0.15) is 0 Å². The molecule has 1 amide bonds. The van der Waals surface area contributed by atoms with Crippen molar-refractivity contribution in [1.82, 2.24) is 10.2 Å². The van der Waals surface area contributed by atoms with Gasteiger partial charge >= 0.3 is 0 Å². The van der Waals surface area contributed by atoms with Gasteiger partial charge in [0.2, 0.25) is 5.91 Å². The van der Waals surface area contributed by atoms with Crippen LogP contribution in [0, 0.1) is 0 Å². The second kappa shape index (κ2) is 6.04. The third-order valence-corrected chi connectivity index (χ3v) is 5.58. The molecule has 0 unspecified atom stereocenters. The Morgan fingerprint density at radius 1 is 1.00 bits per heavy atom. The van der Waals surface area contributed by atoms with Crippen LogP contribution >= 0.6 is 0 Å². The van der Waals surface area contributed by atoms with Crippen molar-refractivity contribution in [3.8, 4) is 0 Å². The number of hydrogen-bond donors (Lipinski definition) is 1. The predicted octanol–water partition coefficient (Wildman–Crippen LogP) is 2.76. The zero-order valence-corrected chi connectivity index (χ0v) is 13.4. The normalized spacial score (nSPS) is 24.1. The maximum atomic E-state index is 12.4. The smallest absolute Gasteiger partial charge is 0.234 e. The molecule has 1 aromatic rings. The highest BCUT2D eigenvalue weighted by molar-refractivity contribution is 5.78. The van der Waals surface area contributed by atoms with Crippen molar-refractivity contribution in [3.63, 3.8) is 0 Å². The van der Waals surface area contributed by atoms with Gasteiger partial charge in [0.05, 0.1) is 12.6 Å². The van der Waals surface area contributed by atoms with Crippen molar-refractivity contribution in [3.05, 3.63) is 34.4 Å². The number of aryl methyl sites for hydroxylation is 3. The van der Waals surface area contributed by atoms with Crippen LogP contribution in [-0.4, -0.2) is 30.4 Å². The first-order chi connectivity index (χ1) is 10.8. The first-order valence-electron chi connectivity index (χ1n) is 8.96. The Balaban J connectivity index is 1.41. The van der Waals surface area contributed by atoms with Crippen LogP contribution in [-0.2, 0) is 24.1 Å². The summed E-state index contributed by atoms with van der Waals surface area (Å²) in [6.45, 7) is 2.75. The van der Waals surface area contributed by atoms with Crippen molar-refractivity contribution < 1.29 is 4.79 Å². The van der Waals surface area contributed by atoms with Crippen molar-refractivity contribution in [2.75, 3.05) is 19.6 Å². The lowest BCUT2D eigenvalue weighted by atomic mass is 10.0. The van der Waals surface area contributed by atoms with Crippen LogP contribution in [0.1, 0.15) is 60.4 Å². The Labute approximate surface area is 133 Å². The summed E-state index contributed by atoms with van der Waals surface area (Å²) in [7, 11) is 0. The number of piperidine rings is 1. The number of rotatable bonds is 3. The van der Waals surface area contributed by atoms with E-state index in [4.69, 9.17) is 0 Å². The number of carbonyl (C=O) groups excluding carboxylic acids is 1. The van der Waals surface area contributed by atoms with Crippen molar-refractivity contribution >= 4 is 5.91 Å². The molecular weight excluding hydrogens is 272 g/mol. The first kappa shape index (κ1) is 14.3. The molecule has 1 aliphatic heterocycles. The molecule has 3 nitrogen and oxygen atoms in total. The van der Waals surface area contributed by atoms with Crippen LogP contribution < -0.4 is 5.32 Å². The van der Waals surface area contributed by atoms with E-state index in [9.17, 15) is 4.79 Å². The molecule has 0 spiro atoms. The van der Waals surface area contributed by atoms with E-state index in [2.05, 4.69) is 22.3 Å². The average Bonchev–Trinajstić information content (AvgIpc) is 3.13. The first-order valence-corrected chi connectivity index (χ1v) is 8.96. The van der Waals surface area contributed by atoms with E-state index >= 15 is 0 Å². The number of nitrogens with one attached hydrogen (secondary N) is 1. The number of nitrogens with zero attached hydrogens (tertiary/aromatic N) is 1. The number of carbonyl (C=O) groups is 1. The Morgan fingerprint density at radius 2 is 1.77 bits per heavy atom. The largest absolute Gasteiger partial charge is 0.348 e. The molecule has 3 aliphatic rings. The number of amides is 1. The monoisotopic (exact) mass is 298 g/mol. The van der Waals surface area contributed by atoms with Gasteiger partial charge < -0.3 is 5.32 Å². The Morgan fingerprint density at radius 3 is 2.59 bits per heavy atom. The van der Waals surface area contributed by atoms with Crippen molar-refractivity contribution in [2.24, 2.45) is 0 Å². The summed E-state index contributed by atoms with van der Waals surface area (Å²) >= 11 is 0. The quantitative estimate of drug-likeness (QED) is 0.930. The second-order valence-electron chi connectivity index (χ2n) is 7.17. The fraction of sp³-hybridized carbons (Fsp3) is 0.632. The second-order valence-corrected chi connectivity index (χ2v) is 7.17. The summed E-state index contributed by atoms with van der Waals surface area (Å²) in [5, 5.41) is 3.29. The fourth-order valence-electron chi connectivity index (χ4n) is 4.40. The molecule has 0 bridgehead atoms. The van der Waals surface area contributed by atoms with Crippen LogP contribution in [0.25, 0.3) is 0 Å². The number of hydrogen-bond acceptors (Lipinski definition) is 2. The van der Waals surface area contributed by atoms with Crippen LogP contribution in [0.15, 0.2) is 12.1 Å². The van der Waals surface area contributed by atoms with E-state index in [-0.39, 0.29) is 11.9 Å². The van der Waals surface area contributed by atoms with Crippen LogP contribution in [0.2, 0.25) is 0 Å². The maximum absolute atomic E-state index is 12.4. The van der Waals surface area contributed by atoms with E-state index in [1.807, 2.05) is 0 Å². The maximum Gasteiger partial charge on any atom is 0.234 e. The van der Waals surface area contributed by atoms with E-state index in [1.165, 1.54) is 55.2 Å². The predicted molar refractivity (Wildman–Crippen MR) is 88.0 cm³/mol. The Hall–Kier alpha value is -1.35. The summed E-state index contributed by atoms with van der Waals surface area (Å²) in [4.78, 5) is 14.7. The zero-order chi connectivity index (χ0) is 14.9. The van der Waals surface area contributed by atoms with E-state index in [0.29, 0.717) is 6.54 Å². The van der Waals surface area contributed by atoms with E-state index in [0.717, 1.165) is 25.9 Å². The zero-order valence-electron chi connectivity index (χ0n) is 13.4. The summed E-state index contributed by atoms with van der Waals surface area (Å²) in [5.74, 6) is 0.209. The summed E-state index contributed by atoms with van der Waals surface area (Å²) < 4.78 is 0. The SMILES string of the molecule is O=C(CN1CCCCC1)N[C@@H]1CCc2cc3c(cc21)CCC3. The van der Waals surface area contributed by atoms with Crippen LogP contribution in [0.4, 0.5) is 0 Å². The highest BCUT2D eigenvalue weighted by Gasteiger charge is 2.27. The number of benzene rings is 1. The molecule has 1 saturated heterocycles. The molecule has 4 rings (SSSR count). The van der Waals surface area contributed by atoms with E-state index in [1.54, 1.807) is 5.56 Å². The molecule has 0 aromatic heterocycles. The molecule has 118 valence electrons. The molecule has 22 heavy (non-hydrogen) atoms. The summed E-state index contributed by atoms with van der Waals surface area (Å²) in [6, 6.07) is 5.04. The lowest BCUT2D eigenvalue weighted by Crippen LogP contribution is -2.40. The lowest BCUT2D eigenvalue weighted by Gasteiger charge is -2.26. The highest BCUT2D eigenvalue weighted by Crippen LogP contribution is 2.36. The topological polar surface area (TPSA) is 32.3 Å². The van der Waals surface area contributed by atoms with Crippen molar-refractivity contribution in [2.45, 2.75) is 57.4 Å². The Kier molecular flexibility index (Phi) is 3.91. The molecule has 2 aliphatic carbocycles. The van der Waals surface area contributed by atoms with Gasteiger partial charge in [0.1, 0.15) is 0 Å². The van der Waals surface area contributed by atoms with Gasteiger partial charge in [0.15, 0.2) is 0 Å². The minimum atomic E-state index is 0.209. The highest BCUT2D eigenvalue weighted by atomic mass is 16.2. The summed E-state index contributed by atoms with van der Waals surface area (Å²) in [6.07, 6.45) is 9.76. The van der Waals surface area contributed by atoms with Crippen LogP contribution in [0.5, 0.6) is 0 Å². The standard InChI is InChI=1S/C19H26N2O/c22-19(13-21-9-2-1-3-10-21)20-18-8-7-16-11-14-5-4-6-15(14)12-17(16)18/h11-12,18H,1-10,13H2,(H,20,22)/t18-/m1/s1. The molecule has 1 N–H and O–H groups in total. The van der Waals surface area contributed by atoms with Gasteiger partial charge in [0, 0.05) is 0 Å². The minimum absolute atomic E-state index is 0.209. The number of likely N-dealkylation sites (tertiary alicyclic amines) is 1. The minimum Gasteiger partial charge on any atom is -0.348 e. The third-order valence-electron chi connectivity index (χ3n) is 5.58. The Bertz CT molecular complexity index is 575. The lowest BCUT2D eigenvalue weighted by molar-refractivity contribution is -0.123. The molecule has 0 saturated carbocycles. The third kappa shape index (κ3) is 2.79. The van der Waals surface area contributed by atoms with Crippen molar-refractivity contribution in [1.29, 1.82) is 0 Å². The van der Waals surface area contributed by atoms with Gasteiger partial charge in [-0.1, -0.05) is 18.6 Å². The molecular formula is C19H26N2O. The molecule has 1 fully saturated rings. The molecule has 1 aromatic carbocycles. The molecule has 1 atom stereocenters. The van der Waals surface area contributed by atoms with Gasteiger partial charge in [-0.25, -0.2) is 0 Å². The molecule has 0 radical (unpaired) electrons. The number of fused-ring (bicyclic) bond motifs is 2. The van der Waals surface area contributed by atoms with Gasteiger partial charge in [-0.15, -0.1) is 0 Å². The van der Waals surface area contributed by atoms with Gasteiger partial charge in [-0.3, -0.25) is 9.69 Å². The average molecular weight is 298 g/mol. The molecule has 1 heterocycles. The fourth-order valence-corrected chi connectivity index (χ4v) is 4.40. The van der Waals surface area contributed by atoms with E-state index < -0.39 is 0 Å².